The highest BCUT2D eigenvalue weighted by Crippen LogP contribution is 2.16. The minimum absolute atomic E-state index is 0.0275. The Morgan fingerprint density at radius 3 is 2.68 bits per heavy atom. The van der Waals surface area contributed by atoms with Crippen LogP contribution >= 0.6 is 12.2 Å². The summed E-state index contributed by atoms with van der Waals surface area (Å²) >= 11 is 5.31. The molecule has 5 heteroatoms. The Morgan fingerprint density at radius 2 is 2.00 bits per heavy atom. The van der Waals surface area contributed by atoms with Crippen molar-refractivity contribution in [1.82, 2.24) is 10.2 Å². The molecular weight excluding hydrogens is 296 g/mol. The van der Waals surface area contributed by atoms with Crippen LogP contribution < -0.4 is 10.1 Å². The van der Waals surface area contributed by atoms with Crippen LogP contribution in [0.1, 0.15) is 32.6 Å². The molecule has 1 aromatic rings. The van der Waals surface area contributed by atoms with Crippen LogP contribution in [0.4, 0.5) is 0 Å². The monoisotopic (exact) mass is 320 g/mol. The van der Waals surface area contributed by atoms with Crippen LogP contribution in [0.3, 0.4) is 0 Å². The van der Waals surface area contributed by atoms with E-state index >= 15 is 0 Å². The molecule has 1 aliphatic rings. The van der Waals surface area contributed by atoms with Crippen LogP contribution in [0.15, 0.2) is 30.3 Å². The summed E-state index contributed by atoms with van der Waals surface area (Å²) in [7, 11) is 0. The second-order valence-corrected chi connectivity index (χ2v) is 6.17. The Balaban J connectivity index is 1.60. The summed E-state index contributed by atoms with van der Waals surface area (Å²) in [6, 6.07) is 9.63. The van der Waals surface area contributed by atoms with Gasteiger partial charge < -0.3 is 15.0 Å². The van der Waals surface area contributed by atoms with E-state index in [4.69, 9.17) is 17.0 Å². The first-order chi connectivity index (χ1) is 10.6. The maximum absolute atomic E-state index is 11.9. The maximum atomic E-state index is 11.9. The molecule has 0 bridgehead atoms. The lowest BCUT2D eigenvalue weighted by Crippen LogP contribution is -2.46. The Bertz CT molecular complexity index is 485. The summed E-state index contributed by atoms with van der Waals surface area (Å²) in [5, 5.41) is 3.40. The predicted octanol–water partition coefficient (Wildman–Crippen LogP) is 2.98. The van der Waals surface area contributed by atoms with E-state index in [2.05, 4.69) is 17.1 Å². The first-order valence-electron chi connectivity index (χ1n) is 7.92. The van der Waals surface area contributed by atoms with Crippen LogP contribution in [-0.2, 0) is 4.79 Å². The highest BCUT2D eigenvalue weighted by Gasteiger charge is 2.18. The Kier molecular flexibility index (Phi) is 6.65. The van der Waals surface area contributed by atoms with Crippen molar-refractivity contribution < 1.29 is 9.53 Å². The molecule has 1 fully saturated rings. The third-order valence-electron chi connectivity index (χ3n) is 3.88. The molecule has 2 rings (SSSR count). The van der Waals surface area contributed by atoms with Crippen molar-refractivity contribution in [2.24, 2.45) is 5.92 Å². The number of carbonyl (C=O) groups is 1. The number of hydrogen-bond acceptors (Lipinski definition) is 3. The lowest BCUT2D eigenvalue weighted by molar-refractivity contribution is -0.120. The fourth-order valence-electron chi connectivity index (χ4n) is 2.41. The first-order valence-corrected chi connectivity index (χ1v) is 8.32. The zero-order valence-electron chi connectivity index (χ0n) is 13.1. The van der Waals surface area contributed by atoms with Crippen molar-refractivity contribution in [2.45, 2.75) is 32.6 Å². The number of thiocarbonyl (C=S) groups is 1. The van der Waals surface area contributed by atoms with Gasteiger partial charge in [0.05, 0.1) is 6.61 Å². The molecule has 0 spiro atoms. The van der Waals surface area contributed by atoms with Gasteiger partial charge >= 0.3 is 0 Å². The number of ether oxygens (including phenoxy) is 1. The summed E-state index contributed by atoms with van der Waals surface area (Å²) in [4.78, 5) is 14.0. The maximum Gasteiger partial charge on any atom is 0.226 e. The second-order valence-electron chi connectivity index (χ2n) is 5.79. The first kappa shape index (κ1) is 16.7. The zero-order valence-corrected chi connectivity index (χ0v) is 13.9. The smallest absolute Gasteiger partial charge is 0.226 e. The molecule has 1 saturated heterocycles. The Labute approximate surface area is 137 Å². The number of nitrogens with one attached hydrogen (secondary N) is 1. The fourth-order valence-corrected chi connectivity index (χ4v) is 2.71. The molecule has 22 heavy (non-hydrogen) atoms. The summed E-state index contributed by atoms with van der Waals surface area (Å²) in [6.07, 6.45) is 3.39. The van der Waals surface area contributed by atoms with Gasteiger partial charge in [-0.25, -0.2) is 0 Å². The standard InChI is InChI=1S/C17H24N2O2S/c1-14-9-11-19(12-10-14)17(22)18-16(20)8-5-13-21-15-6-3-2-4-7-15/h2-4,6-7,14H,5,8-13H2,1H3,(H,18,20,22). The van der Waals surface area contributed by atoms with Gasteiger partial charge in [-0.2, -0.15) is 0 Å². The molecule has 1 amide bonds. The molecule has 0 atom stereocenters. The molecule has 0 saturated carbocycles. The van der Waals surface area contributed by atoms with Crippen molar-refractivity contribution in [3.8, 4) is 5.75 Å². The lowest BCUT2D eigenvalue weighted by atomic mass is 10.00. The number of amides is 1. The molecular formula is C17H24N2O2S. The van der Waals surface area contributed by atoms with E-state index in [1.165, 1.54) is 0 Å². The number of piperidine rings is 1. The molecule has 0 radical (unpaired) electrons. The van der Waals surface area contributed by atoms with Crippen LogP contribution in [-0.4, -0.2) is 35.6 Å². The number of nitrogens with zero attached hydrogens (tertiary/aromatic N) is 1. The van der Waals surface area contributed by atoms with Crippen molar-refractivity contribution in [1.29, 1.82) is 0 Å². The van der Waals surface area contributed by atoms with Gasteiger partial charge in [0.15, 0.2) is 5.11 Å². The molecule has 1 heterocycles. The Hall–Kier alpha value is -1.62. The van der Waals surface area contributed by atoms with Gasteiger partial charge in [0, 0.05) is 19.5 Å². The van der Waals surface area contributed by atoms with Crippen molar-refractivity contribution in [2.75, 3.05) is 19.7 Å². The van der Waals surface area contributed by atoms with Gasteiger partial charge in [-0.1, -0.05) is 25.1 Å². The van der Waals surface area contributed by atoms with Crippen molar-refractivity contribution in [3.05, 3.63) is 30.3 Å². The number of hydrogen-bond donors (Lipinski definition) is 1. The van der Waals surface area contributed by atoms with Crippen LogP contribution in [0, 0.1) is 5.92 Å². The van der Waals surface area contributed by atoms with Gasteiger partial charge in [-0.3, -0.25) is 4.79 Å². The number of para-hydroxylation sites is 1. The normalized spacial score (nSPS) is 15.4. The summed E-state index contributed by atoms with van der Waals surface area (Å²) in [5.41, 5.74) is 0. The van der Waals surface area contributed by atoms with Gasteiger partial charge in [0.25, 0.3) is 0 Å². The van der Waals surface area contributed by atoms with Gasteiger partial charge in [0.2, 0.25) is 5.91 Å². The number of benzene rings is 1. The number of likely N-dealkylation sites (tertiary alicyclic amines) is 1. The topological polar surface area (TPSA) is 41.6 Å². The zero-order chi connectivity index (χ0) is 15.8. The molecule has 0 aromatic heterocycles. The molecule has 0 unspecified atom stereocenters. The van der Waals surface area contributed by atoms with Crippen molar-refractivity contribution >= 4 is 23.2 Å². The largest absolute Gasteiger partial charge is 0.494 e. The van der Waals surface area contributed by atoms with Gasteiger partial charge in [-0.15, -0.1) is 0 Å². The molecule has 1 N–H and O–H groups in total. The summed E-state index contributed by atoms with van der Waals surface area (Å²) < 4.78 is 5.57. The highest BCUT2D eigenvalue weighted by molar-refractivity contribution is 7.80. The quantitative estimate of drug-likeness (QED) is 0.669. The molecule has 120 valence electrons. The number of carbonyl (C=O) groups excluding carboxylic acids is 1. The Morgan fingerprint density at radius 1 is 1.32 bits per heavy atom. The minimum Gasteiger partial charge on any atom is -0.494 e. The van der Waals surface area contributed by atoms with E-state index in [1.807, 2.05) is 30.3 Å². The van der Waals surface area contributed by atoms with E-state index in [-0.39, 0.29) is 5.91 Å². The third-order valence-corrected chi connectivity index (χ3v) is 4.24. The van der Waals surface area contributed by atoms with Gasteiger partial charge in [-0.05, 0) is 49.5 Å². The highest BCUT2D eigenvalue weighted by atomic mass is 32.1. The average Bonchev–Trinajstić information content (AvgIpc) is 2.53. The predicted molar refractivity (Wildman–Crippen MR) is 91.9 cm³/mol. The molecule has 0 aliphatic carbocycles. The summed E-state index contributed by atoms with van der Waals surface area (Å²) in [5.74, 6) is 1.56. The third kappa shape index (κ3) is 5.64. The minimum atomic E-state index is -0.0275. The van der Waals surface area contributed by atoms with Crippen molar-refractivity contribution in [3.63, 3.8) is 0 Å². The van der Waals surface area contributed by atoms with Gasteiger partial charge in [0.1, 0.15) is 5.75 Å². The van der Waals surface area contributed by atoms with E-state index in [9.17, 15) is 4.79 Å². The summed E-state index contributed by atoms with van der Waals surface area (Å²) in [6.45, 7) is 4.67. The van der Waals surface area contributed by atoms with Crippen LogP contribution in [0.25, 0.3) is 0 Å². The molecule has 1 aliphatic heterocycles. The van der Waals surface area contributed by atoms with E-state index in [0.29, 0.717) is 24.6 Å². The number of rotatable bonds is 5. The van der Waals surface area contributed by atoms with Crippen LogP contribution in [0.2, 0.25) is 0 Å². The molecule has 1 aromatic carbocycles. The second kappa shape index (κ2) is 8.73. The van der Waals surface area contributed by atoms with Crippen LogP contribution in [0.5, 0.6) is 5.75 Å². The van der Waals surface area contributed by atoms with E-state index < -0.39 is 0 Å². The fraction of sp³-hybridized carbons (Fsp3) is 0.529. The van der Waals surface area contributed by atoms with E-state index in [0.717, 1.165) is 37.6 Å². The molecule has 4 nitrogen and oxygen atoms in total. The SMILES string of the molecule is CC1CCN(C(=S)NC(=O)CCCOc2ccccc2)CC1. The average molecular weight is 320 g/mol. The van der Waals surface area contributed by atoms with E-state index in [1.54, 1.807) is 0 Å². The lowest BCUT2D eigenvalue weighted by Gasteiger charge is -2.32.